The zero-order valence-corrected chi connectivity index (χ0v) is 11.0. The summed E-state index contributed by atoms with van der Waals surface area (Å²) in [5.41, 5.74) is 6.91. The lowest BCUT2D eigenvalue weighted by molar-refractivity contribution is 0.412. The van der Waals surface area contributed by atoms with Crippen LogP contribution in [-0.4, -0.2) is 21.9 Å². The van der Waals surface area contributed by atoms with E-state index in [1.807, 2.05) is 28.8 Å². The number of rotatable bonds is 3. The maximum atomic E-state index is 6.00. The first-order valence-electron chi connectivity index (χ1n) is 6.65. The molecule has 19 heavy (non-hydrogen) atoms. The first-order valence-corrected chi connectivity index (χ1v) is 6.65. The van der Waals surface area contributed by atoms with Gasteiger partial charge in [0, 0.05) is 5.92 Å². The van der Waals surface area contributed by atoms with Gasteiger partial charge < -0.3 is 10.5 Å². The molecule has 0 aliphatic heterocycles. The van der Waals surface area contributed by atoms with Gasteiger partial charge in [0.15, 0.2) is 0 Å². The molecule has 100 valence electrons. The van der Waals surface area contributed by atoms with Crippen molar-refractivity contribution in [2.75, 3.05) is 12.8 Å². The van der Waals surface area contributed by atoms with Crippen molar-refractivity contribution >= 4 is 5.95 Å². The van der Waals surface area contributed by atoms with Crippen LogP contribution in [0.4, 0.5) is 5.95 Å². The fourth-order valence-corrected chi connectivity index (χ4v) is 2.82. The zero-order valence-electron chi connectivity index (χ0n) is 11.0. The molecule has 1 aliphatic rings. The summed E-state index contributed by atoms with van der Waals surface area (Å²) >= 11 is 0. The van der Waals surface area contributed by atoms with E-state index in [-0.39, 0.29) is 0 Å². The van der Waals surface area contributed by atoms with Crippen molar-refractivity contribution in [2.45, 2.75) is 31.6 Å². The molecule has 1 aliphatic carbocycles. The van der Waals surface area contributed by atoms with E-state index in [0.29, 0.717) is 11.9 Å². The molecule has 0 spiro atoms. The molecular formula is C14H18N4O. The normalized spacial score (nSPS) is 15.8. The third-order valence-electron chi connectivity index (χ3n) is 3.76. The predicted octanol–water partition coefficient (Wildman–Crippen LogP) is 2.52. The molecule has 0 amide bonds. The van der Waals surface area contributed by atoms with Gasteiger partial charge in [-0.1, -0.05) is 25.0 Å². The molecule has 0 unspecified atom stereocenters. The summed E-state index contributed by atoms with van der Waals surface area (Å²) in [7, 11) is 1.66. The Labute approximate surface area is 112 Å². The van der Waals surface area contributed by atoms with E-state index < -0.39 is 0 Å². The van der Waals surface area contributed by atoms with Gasteiger partial charge in [-0.25, -0.2) is 0 Å². The summed E-state index contributed by atoms with van der Waals surface area (Å²) < 4.78 is 7.34. The molecule has 0 radical (unpaired) electrons. The molecule has 3 rings (SSSR count). The van der Waals surface area contributed by atoms with Crippen molar-refractivity contribution in [1.82, 2.24) is 14.8 Å². The Balaban J connectivity index is 2.11. The van der Waals surface area contributed by atoms with Crippen LogP contribution >= 0.6 is 0 Å². The van der Waals surface area contributed by atoms with Crippen molar-refractivity contribution < 1.29 is 4.74 Å². The molecule has 1 fully saturated rings. The molecule has 0 atom stereocenters. The minimum Gasteiger partial charge on any atom is -0.495 e. The number of aromatic nitrogens is 3. The van der Waals surface area contributed by atoms with Crippen LogP contribution in [0.15, 0.2) is 24.3 Å². The summed E-state index contributed by atoms with van der Waals surface area (Å²) in [5, 5.41) is 8.33. The SMILES string of the molecule is COc1ccccc1-n1c(N)nnc1C1CCCC1. The zero-order chi connectivity index (χ0) is 13.2. The average molecular weight is 258 g/mol. The van der Waals surface area contributed by atoms with Crippen molar-refractivity contribution in [2.24, 2.45) is 0 Å². The Kier molecular flexibility index (Phi) is 3.11. The van der Waals surface area contributed by atoms with Gasteiger partial charge in [-0.2, -0.15) is 0 Å². The monoisotopic (exact) mass is 258 g/mol. The van der Waals surface area contributed by atoms with E-state index in [2.05, 4.69) is 10.2 Å². The van der Waals surface area contributed by atoms with Gasteiger partial charge in [0.1, 0.15) is 11.6 Å². The van der Waals surface area contributed by atoms with E-state index in [1.165, 1.54) is 12.8 Å². The molecule has 1 aromatic heterocycles. The van der Waals surface area contributed by atoms with Gasteiger partial charge in [0.25, 0.3) is 0 Å². The standard InChI is InChI=1S/C14H18N4O/c1-19-12-9-5-4-8-11(12)18-13(16-17-14(18)15)10-6-2-3-7-10/h4-5,8-10H,2-3,6-7H2,1H3,(H2,15,17). The van der Waals surface area contributed by atoms with Crippen LogP contribution in [0.3, 0.4) is 0 Å². The molecule has 2 aromatic rings. The summed E-state index contributed by atoms with van der Waals surface area (Å²) in [6.45, 7) is 0. The van der Waals surface area contributed by atoms with E-state index in [1.54, 1.807) is 7.11 Å². The number of nitrogen functional groups attached to an aromatic ring is 1. The van der Waals surface area contributed by atoms with Gasteiger partial charge in [-0.15, -0.1) is 10.2 Å². The first-order chi connectivity index (χ1) is 9.31. The molecule has 1 heterocycles. The molecular weight excluding hydrogens is 240 g/mol. The molecule has 5 heteroatoms. The number of benzene rings is 1. The number of methoxy groups -OCH3 is 1. The second-order valence-electron chi connectivity index (χ2n) is 4.91. The lowest BCUT2D eigenvalue weighted by Crippen LogP contribution is -2.09. The molecule has 2 N–H and O–H groups in total. The maximum absolute atomic E-state index is 6.00. The molecule has 5 nitrogen and oxygen atoms in total. The second kappa shape index (κ2) is 4.91. The number of hydrogen-bond donors (Lipinski definition) is 1. The Hall–Kier alpha value is -2.04. The third kappa shape index (κ3) is 2.05. The lowest BCUT2D eigenvalue weighted by atomic mass is 10.1. The summed E-state index contributed by atoms with van der Waals surface area (Å²) in [6.07, 6.45) is 4.83. The minimum atomic E-state index is 0.423. The van der Waals surface area contributed by atoms with Crippen molar-refractivity contribution in [3.63, 3.8) is 0 Å². The van der Waals surface area contributed by atoms with Crippen molar-refractivity contribution in [1.29, 1.82) is 0 Å². The first kappa shape index (κ1) is 12.0. The van der Waals surface area contributed by atoms with E-state index in [4.69, 9.17) is 10.5 Å². The van der Waals surface area contributed by atoms with Gasteiger partial charge >= 0.3 is 0 Å². The van der Waals surface area contributed by atoms with E-state index >= 15 is 0 Å². The molecule has 0 saturated heterocycles. The topological polar surface area (TPSA) is 66.0 Å². The Morgan fingerprint density at radius 2 is 1.95 bits per heavy atom. The van der Waals surface area contributed by atoms with Crippen LogP contribution < -0.4 is 10.5 Å². The van der Waals surface area contributed by atoms with Crippen LogP contribution in [0.1, 0.15) is 37.4 Å². The highest BCUT2D eigenvalue weighted by Crippen LogP contribution is 2.36. The third-order valence-corrected chi connectivity index (χ3v) is 3.76. The van der Waals surface area contributed by atoms with Crippen molar-refractivity contribution in [3.05, 3.63) is 30.1 Å². The second-order valence-corrected chi connectivity index (χ2v) is 4.91. The largest absolute Gasteiger partial charge is 0.495 e. The van der Waals surface area contributed by atoms with Crippen LogP contribution in [0.5, 0.6) is 5.75 Å². The highest BCUT2D eigenvalue weighted by molar-refractivity contribution is 5.51. The molecule has 1 aromatic carbocycles. The maximum Gasteiger partial charge on any atom is 0.226 e. The quantitative estimate of drug-likeness (QED) is 0.918. The molecule has 1 saturated carbocycles. The minimum absolute atomic E-state index is 0.423. The fourth-order valence-electron chi connectivity index (χ4n) is 2.82. The van der Waals surface area contributed by atoms with Crippen LogP contribution in [0.2, 0.25) is 0 Å². The highest BCUT2D eigenvalue weighted by atomic mass is 16.5. The Morgan fingerprint density at radius 1 is 1.21 bits per heavy atom. The van der Waals surface area contributed by atoms with Gasteiger partial charge in [-0.3, -0.25) is 4.57 Å². The number of para-hydroxylation sites is 2. The van der Waals surface area contributed by atoms with Gasteiger partial charge in [0.05, 0.1) is 12.8 Å². The Morgan fingerprint density at radius 3 is 2.68 bits per heavy atom. The van der Waals surface area contributed by atoms with Crippen LogP contribution in [0, 0.1) is 0 Å². The smallest absolute Gasteiger partial charge is 0.226 e. The number of anilines is 1. The van der Waals surface area contributed by atoms with Crippen LogP contribution in [-0.2, 0) is 0 Å². The average Bonchev–Trinajstić information content (AvgIpc) is 3.07. The fraction of sp³-hybridized carbons (Fsp3) is 0.429. The van der Waals surface area contributed by atoms with Gasteiger partial charge in [-0.05, 0) is 25.0 Å². The van der Waals surface area contributed by atoms with Gasteiger partial charge in [0.2, 0.25) is 5.95 Å². The van der Waals surface area contributed by atoms with E-state index in [9.17, 15) is 0 Å². The number of ether oxygens (including phenoxy) is 1. The summed E-state index contributed by atoms with van der Waals surface area (Å²) in [5.74, 6) is 2.62. The molecule has 0 bridgehead atoms. The highest BCUT2D eigenvalue weighted by Gasteiger charge is 2.25. The summed E-state index contributed by atoms with van der Waals surface area (Å²) in [6, 6.07) is 7.82. The number of hydrogen-bond acceptors (Lipinski definition) is 4. The number of nitrogens with two attached hydrogens (primary N) is 1. The number of nitrogens with zero attached hydrogens (tertiary/aromatic N) is 3. The predicted molar refractivity (Wildman–Crippen MR) is 73.5 cm³/mol. The van der Waals surface area contributed by atoms with Crippen LogP contribution in [0.25, 0.3) is 5.69 Å². The lowest BCUT2D eigenvalue weighted by Gasteiger charge is -2.15. The Bertz CT molecular complexity index is 573. The van der Waals surface area contributed by atoms with Crippen molar-refractivity contribution in [3.8, 4) is 11.4 Å². The van der Waals surface area contributed by atoms with E-state index in [0.717, 1.165) is 30.1 Å². The summed E-state index contributed by atoms with van der Waals surface area (Å²) in [4.78, 5) is 0.